The zero-order valence-electron chi connectivity index (χ0n) is 24.7. The number of carbonyl (C=O) groups is 2. The van der Waals surface area contributed by atoms with E-state index in [1.54, 1.807) is 11.9 Å². The number of anilines is 1. The Morgan fingerprint density at radius 2 is 1.69 bits per heavy atom. The molecule has 0 aliphatic heterocycles. The van der Waals surface area contributed by atoms with E-state index in [9.17, 15) is 14.3 Å². The van der Waals surface area contributed by atoms with Gasteiger partial charge in [0.1, 0.15) is 12.1 Å². The Morgan fingerprint density at radius 3 is 2.29 bits per heavy atom. The first kappa shape index (κ1) is 32.2. The first-order valence-corrected chi connectivity index (χ1v) is 14.1. The van der Waals surface area contributed by atoms with Crippen LogP contribution in [-0.2, 0) is 21.4 Å². The van der Waals surface area contributed by atoms with Crippen LogP contribution in [0.15, 0.2) is 72.9 Å². The number of allylic oxidation sites excluding steroid dienone is 1. The number of benzene rings is 3. The molecule has 0 spiro atoms. The van der Waals surface area contributed by atoms with Crippen LogP contribution in [0.25, 0.3) is 28.1 Å². The van der Waals surface area contributed by atoms with Gasteiger partial charge in [-0.15, -0.1) is 0 Å². The highest BCUT2D eigenvalue weighted by Gasteiger charge is 2.16. The molecule has 0 bridgehead atoms. The summed E-state index contributed by atoms with van der Waals surface area (Å²) >= 11 is 0. The summed E-state index contributed by atoms with van der Waals surface area (Å²) in [6.45, 7) is 2.26. The van der Waals surface area contributed by atoms with Gasteiger partial charge in [0.2, 0.25) is 0 Å². The van der Waals surface area contributed by atoms with E-state index in [0.717, 1.165) is 52.3 Å². The van der Waals surface area contributed by atoms with E-state index in [2.05, 4.69) is 28.0 Å². The number of aliphatic hydroxyl groups is 1. The molecule has 1 aliphatic rings. The number of ether oxygens (including phenoxy) is 1. The monoisotopic (exact) mass is 573 g/mol. The van der Waals surface area contributed by atoms with Crippen LogP contribution >= 0.6 is 0 Å². The summed E-state index contributed by atoms with van der Waals surface area (Å²) in [4.78, 5) is 20.8. The Balaban J connectivity index is 0.000000337. The maximum atomic E-state index is 14.0. The minimum Gasteiger partial charge on any atom is -0.471 e. The molecule has 5 rings (SSSR count). The summed E-state index contributed by atoms with van der Waals surface area (Å²) in [6.07, 6.45) is 11.9. The minimum absolute atomic E-state index is 0.333. The van der Waals surface area contributed by atoms with Crippen molar-refractivity contribution in [3.63, 3.8) is 0 Å². The number of fused-ring (bicyclic) bond motifs is 1. The van der Waals surface area contributed by atoms with Crippen LogP contribution < -0.4 is 4.90 Å². The second kappa shape index (κ2) is 16.2. The average molecular weight is 574 g/mol. The maximum Gasteiger partial charge on any atom is 0.292 e. The molecule has 222 valence electrons. The zero-order valence-corrected chi connectivity index (χ0v) is 24.7. The van der Waals surface area contributed by atoms with Crippen molar-refractivity contribution in [2.24, 2.45) is 13.0 Å². The number of carbonyl (C=O) groups excluding carboxylic acids is 2. The topological polar surface area (TPSA) is 84.7 Å². The molecule has 1 saturated carbocycles. The average Bonchev–Trinajstić information content (AvgIpc) is 3.40. The highest BCUT2D eigenvalue weighted by atomic mass is 19.1. The van der Waals surface area contributed by atoms with Crippen molar-refractivity contribution in [3.05, 3.63) is 89.9 Å². The molecule has 0 radical (unpaired) electrons. The Kier molecular flexibility index (Phi) is 12.4. The van der Waals surface area contributed by atoms with Gasteiger partial charge in [-0.3, -0.25) is 9.48 Å². The molecule has 3 aromatic carbocycles. The summed E-state index contributed by atoms with van der Waals surface area (Å²) in [5.41, 5.74) is 5.33. The van der Waals surface area contributed by atoms with Gasteiger partial charge in [0.25, 0.3) is 6.47 Å². The van der Waals surface area contributed by atoms with E-state index in [4.69, 9.17) is 4.79 Å². The van der Waals surface area contributed by atoms with Crippen LogP contribution in [0.4, 0.5) is 10.1 Å². The van der Waals surface area contributed by atoms with Crippen molar-refractivity contribution in [3.8, 4) is 11.1 Å². The lowest BCUT2D eigenvalue weighted by molar-refractivity contribution is -0.126. The van der Waals surface area contributed by atoms with Gasteiger partial charge in [-0.25, -0.2) is 4.39 Å². The molecule has 7 nitrogen and oxygen atoms in total. The molecule has 1 aliphatic carbocycles. The molecular formula is C34H40FN3O4. The van der Waals surface area contributed by atoms with Crippen molar-refractivity contribution in [1.29, 1.82) is 0 Å². The summed E-state index contributed by atoms with van der Waals surface area (Å²) in [6, 6.07) is 18.7. The van der Waals surface area contributed by atoms with Gasteiger partial charge in [-0.2, -0.15) is 5.10 Å². The Labute approximate surface area is 247 Å². The normalized spacial score (nSPS) is 13.9. The smallest absolute Gasteiger partial charge is 0.292 e. The molecular weight excluding hydrogens is 533 g/mol. The van der Waals surface area contributed by atoms with Gasteiger partial charge in [0.05, 0.1) is 18.8 Å². The third kappa shape index (κ3) is 8.85. The SMILES string of the molecule is C/C=C/c1cc(F)cc(N(C)C(O)c2ccc(-c3ccc4c(cnn4C)c3)cc2)c1.COC=O.O=CC1CCCCC1. The number of aryl methyl sites for hydroxylation is 1. The Hall–Kier alpha value is -4.30. The van der Waals surface area contributed by atoms with Crippen LogP contribution in [0.5, 0.6) is 0 Å². The molecule has 8 heteroatoms. The second-order valence-electron chi connectivity index (χ2n) is 10.3. The molecule has 1 unspecified atom stereocenters. The molecule has 0 amide bonds. The van der Waals surface area contributed by atoms with Gasteiger partial charge in [-0.1, -0.05) is 61.7 Å². The van der Waals surface area contributed by atoms with Crippen LogP contribution in [0.2, 0.25) is 0 Å². The standard InChI is InChI=1S/C25H24FN3O.C7H12O.C2H4O2/c1-4-5-17-12-22(26)15-23(13-17)28(2)25(30)19-8-6-18(7-9-19)20-10-11-24-21(14-20)16-27-29(24)3;8-6-7-4-2-1-3-5-7;1-4-2-3/h4-16,25,30H,1-3H3;6-7H,1-5H2;2H,1H3/b5-4+;;. The largest absolute Gasteiger partial charge is 0.471 e. The fourth-order valence-electron chi connectivity index (χ4n) is 4.91. The molecule has 1 atom stereocenters. The number of halogens is 1. The van der Waals surface area contributed by atoms with Crippen LogP contribution in [-0.4, -0.2) is 41.8 Å². The summed E-state index contributed by atoms with van der Waals surface area (Å²) in [7, 11) is 4.99. The molecule has 1 aromatic heterocycles. The molecule has 1 fully saturated rings. The van der Waals surface area contributed by atoms with E-state index in [0.29, 0.717) is 18.1 Å². The van der Waals surface area contributed by atoms with Gasteiger partial charge in [-0.05, 0) is 66.8 Å². The highest BCUT2D eigenvalue weighted by Crippen LogP contribution is 2.29. The molecule has 42 heavy (non-hydrogen) atoms. The molecule has 0 saturated heterocycles. The number of methoxy groups -OCH3 is 1. The number of hydrogen-bond donors (Lipinski definition) is 1. The third-order valence-electron chi connectivity index (χ3n) is 7.26. The summed E-state index contributed by atoms with van der Waals surface area (Å²) in [5, 5.41) is 16.2. The first-order valence-electron chi connectivity index (χ1n) is 14.1. The highest BCUT2D eigenvalue weighted by molar-refractivity contribution is 5.84. The number of aldehydes is 1. The molecule has 1 heterocycles. The van der Waals surface area contributed by atoms with Crippen molar-refractivity contribution in [2.75, 3.05) is 19.1 Å². The number of nitrogens with zero attached hydrogens (tertiary/aromatic N) is 3. The lowest BCUT2D eigenvalue weighted by atomic mass is 9.91. The van der Waals surface area contributed by atoms with Crippen LogP contribution in [0.3, 0.4) is 0 Å². The van der Waals surface area contributed by atoms with Gasteiger partial charge < -0.3 is 19.5 Å². The van der Waals surface area contributed by atoms with Gasteiger partial charge in [0, 0.05) is 36.7 Å². The van der Waals surface area contributed by atoms with Crippen molar-refractivity contribution >= 4 is 35.4 Å². The van der Waals surface area contributed by atoms with Gasteiger partial charge in [0.15, 0.2) is 6.23 Å². The number of aromatic nitrogens is 2. The lowest BCUT2D eigenvalue weighted by Crippen LogP contribution is -2.23. The Bertz CT molecular complexity index is 1460. The summed E-state index contributed by atoms with van der Waals surface area (Å²) in [5.74, 6) is 0.0736. The predicted molar refractivity (Wildman–Crippen MR) is 166 cm³/mol. The molecule has 4 aromatic rings. The maximum absolute atomic E-state index is 14.0. The van der Waals surface area contributed by atoms with E-state index in [1.165, 1.54) is 38.5 Å². The van der Waals surface area contributed by atoms with E-state index < -0.39 is 6.23 Å². The fraction of sp³-hybridized carbons (Fsp3) is 0.324. The minimum atomic E-state index is -0.889. The molecule has 1 N–H and O–H groups in total. The van der Waals surface area contributed by atoms with Crippen LogP contribution in [0.1, 0.15) is 56.4 Å². The Morgan fingerprint density at radius 1 is 1.02 bits per heavy atom. The predicted octanol–water partition coefficient (Wildman–Crippen LogP) is 7.09. The van der Waals surface area contributed by atoms with E-state index in [-0.39, 0.29) is 5.82 Å². The zero-order chi connectivity index (χ0) is 30.5. The van der Waals surface area contributed by atoms with Crippen molar-refractivity contribution in [2.45, 2.75) is 45.3 Å². The van der Waals surface area contributed by atoms with Crippen LogP contribution in [0, 0.1) is 11.7 Å². The quantitative estimate of drug-likeness (QED) is 0.188. The lowest BCUT2D eigenvalue weighted by Gasteiger charge is -2.26. The van der Waals surface area contributed by atoms with Crippen molar-refractivity contribution < 1.29 is 23.8 Å². The fourth-order valence-corrected chi connectivity index (χ4v) is 4.91. The number of rotatable bonds is 7. The van der Waals surface area contributed by atoms with E-state index >= 15 is 0 Å². The van der Waals surface area contributed by atoms with Crippen molar-refractivity contribution in [1.82, 2.24) is 9.78 Å². The number of hydrogen-bond acceptors (Lipinski definition) is 6. The third-order valence-corrected chi connectivity index (χ3v) is 7.26. The van der Waals surface area contributed by atoms with Gasteiger partial charge >= 0.3 is 0 Å². The number of aliphatic hydroxyl groups excluding tert-OH is 1. The summed E-state index contributed by atoms with van der Waals surface area (Å²) < 4.78 is 19.7. The first-order chi connectivity index (χ1) is 20.3. The second-order valence-corrected chi connectivity index (χ2v) is 10.3. The van der Waals surface area contributed by atoms with E-state index in [1.807, 2.05) is 67.3 Å².